The van der Waals surface area contributed by atoms with Crippen LogP contribution in [-0.2, 0) is 6.54 Å². The van der Waals surface area contributed by atoms with Crippen LogP contribution in [-0.4, -0.2) is 30.1 Å². The highest BCUT2D eigenvalue weighted by Crippen LogP contribution is 2.24. The van der Waals surface area contributed by atoms with Gasteiger partial charge in [0.1, 0.15) is 0 Å². The van der Waals surface area contributed by atoms with E-state index in [0.717, 1.165) is 29.1 Å². The SMILES string of the molecule is CC1CN(Cc2ccc(Cl)c(Br)c2)C(C)CN1. The standard InChI is InChI=1S/C13H18BrClN2/c1-9-7-17(10(2)6-16-9)8-11-3-4-13(15)12(14)5-11/h3-5,9-10,16H,6-8H2,1-2H3. The molecule has 1 aromatic rings. The summed E-state index contributed by atoms with van der Waals surface area (Å²) in [6.45, 7) is 7.65. The van der Waals surface area contributed by atoms with E-state index in [-0.39, 0.29) is 0 Å². The van der Waals surface area contributed by atoms with Crippen LogP contribution in [0.15, 0.2) is 22.7 Å². The lowest BCUT2D eigenvalue weighted by molar-refractivity contribution is 0.139. The normalized spacial score (nSPS) is 26.1. The minimum Gasteiger partial charge on any atom is -0.311 e. The Morgan fingerprint density at radius 3 is 2.94 bits per heavy atom. The van der Waals surface area contributed by atoms with Crippen molar-refractivity contribution in [3.8, 4) is 0 Å². The Labute approximate surface area is 116 Å². The summed E-state index contributed by atoms with van der Waals surface area (Å²) in [6, 6.07) is 7.33. The van der Waals surface area contributed by atoms with E-state index < -0.39 is 0 Å². The molecule has 1 aliphatic rings. The predicted octanol–water partition coefficient (Wildman–Crippen LogP) is 3.28. The van der Waals surface area contributed by atoms with Crippen molar-refractivity contribution in [2.24, 2.45) is 0 Å². The first kappa shape index (κ1) is 13.3. The Balaban J connectivity index is 2.06. The highest BCUT2D eigenvalue weighted by molar-refractivity contribution is 9.10. The van der Waals surface area contributed by atoms with Gasteiger partial charge in [0.2, 0.25) is 0 Å². The van der Waals surface area contributed by atoms with Gasteiger partial charge in [-0.05, 0) is 47.5 Å². The molecule has 1 N–H and O–H groups in total. The molecule has 0 aliphatic carbocycles. The molecule has 1 fully saturated rings. The van der Waals surface area contributed by atoms with Crippen LogP contribution in [0, 0.1) is 0 Å². The second kappa shape index (κ2) is 5.70. The molecule has 2 atom stereocenters. The molecule has 1 aromatic carbocycles. The molecule has 0 bridgehead atoms. The minimum atomic E-state index is 0.571. The third-order valence-electron chi connectivity index (χ3n) is 3.26. The number of nitrogens with one attached hydrogen (secondary N) is 1. The highest BCUT2D eigenvalue weighted by atomic mass is 79.9. The van der Waals surface area contributed by atoms with Gasteiger partial charge in [-0.3, -0.25) is 4.90 Å². The molecule has 0 spiro atoms. The largest absolute Gasteiger partial charge is 0.311 e. The van der Waals surface area contributed by atoms with Crippen LogP contribution in [0.3, 0.4) is 0 Å². The first-order valence-corrected chi connectivity index (χ1v) is 7.14. The molecule has 0 radical (unpaired) electrons. The van der Waals surface area contributed by atoms with Crippen molar-refractivity contribution in [3.63, 3.8) is 0 Å². The lowest BCUT2D eigenvalue weighted by Crippen LogP contribution is -2.53. The van der Waals surface area contributed by atoms with Crippen LogP contribution in [0.1, 0.15) is 19.4 Å². The second-order valence-corrected chi connectivity index (χ2v) is 6.10. The number of hydrogen-bond donors (Lipinski definition) is 1. The maximum absolute atomic E-state index is 6.00. The first-order chi connectivity index (χ1) is 8.06. The molecule has 0 aromatic heterocycles. The molecule has 1 aliphatic heterocycles. The van der Waals surface area contributed by atoms with Crippen molar-refractivity contribution in [2.45, 2.75) is 32.5 Å². The van der Waals surface area contributed by atoms with Gasteiger partial charge in [0.05, 0.1) is 5.02 Å². The van der Waals surface area contributed by atoms with Crippen LogP contribution in [0.4, 0.5) is 0 Å². The average Bonchev–Trinajstić information content (AvgIpc) is 2.29. The zero-order chi connectivity index (χ0) is 12.4. The number of halogens is 2. The summed E-state index contributed by atoms with van der Waals surface area (Å²) in [6.07, 6.45) is 0. The average molecular weight is 318 g/mol. The fourth-order valence-electron chi connectivity index (χ4n) is 2.19. The lowest BCUT2D eigenvalue weighted by atomic mass is 10.1. The van der Waals surface area contributed by atoms with Crippen molar-refractivity contribution < 1.29 is 0 Å². The molecule has 17 heavy (non-hydrogen) atoms. The highest BCUT2D eigenvalue weighted by Gasteiger charge is 2.22. The molecule has 1 saturated heterocycles. The number of rotatable bonds is 2. The Kier molecular flexibility index (Phi) is 4.47. The van der Waals surface area contributed by atoms with Crippen molar-refractivity contribution in [1.29, 1.82) is 0 Å². The molecule has 0 saturated carbocycles. The number of benzene rings is 1. The van der Waals surface area contributed by atoms with Gasteiger partial charge in [-0.25, -0.2) is 0 Å². The van der Waals surface area contributed by atoms with E-state index in [1.165, 1.54) is 5.56 Å². The molecule has 2 unspecified atom stereocenters. The zero-order valence-corrected chi connectivity index (χ0v) is 12.6. The molecule has 94 valence electrons. The van der Waals surface area contributed by atoms with Gasteiger partial charge in [-0.15, -0.1) is 0 Å². The summed E-state index contributed by atoms with van der Waals surface area (Å²) in [4.78, 5) is 2.51. The minimum absolute atomic E-state index is 0.571. The quantitative estimate of drug-likeness (QED) is 0.900. The van der Waals surface area contributed by atoms with E-state index >= 15 is 0 Å². The summed E-state index contributed by atoms with van der Waals surface area (Å²) in [5, 5.41) is 4.27. The third kappa shape index (κ3) is 3.44. The summed E-state index contributed by atoms with van der Waals surface area (Å²) in [5.41, 5.74) is 1.31. The zero-order valence-electron chi connectivity index (χ0n) is 10.2. The van der Waals surface area contributed by atoms with Gasteiger partial charge in [0.25, 0.3) is 0 Å². The van der Waals surface area contributed by atoms with Crippen LogP contribution in [0.5, 0.6) is 0 Å². The monoisotopic (exact) mass is 316 g/mol. The van der Waals surface area contributed by atoms with Gasteiger partial charge in [-0.2, -0.15) is 0 Å². The lowest BCUT2D eigenvalue weighted by Gasteiger charge is -2.37. The van der Waals surface area contributed by atoms with Crippen molar-refractivity contribution in [1.82, 2.24) is 10.2 Å². The van der Waals surface area contributed by atoms with Gasteiger partial charge in [0.15, 0.2) is 0 Å². The topological polar surface area (TPSA) is 15.3 Å². The molecule has 2 rings (SSSR count). The van der Waals surface area contributed by atoms with Crippen LogP contribution >= 0.6 is 27.5 Å². The van der Waals surface area contributed by atoms with Crippen molar-refractivity contribution >= 4 is 27.5 Å². The molecular weight excluding hydrogens is 300 g/mol. The number of nitrogens with zero attached hydrogens (tertiary/aromatic N) is 1. The summed E-state index contributed by atoms with van der Waals surface area (Å²) in [7, 11) is 0. The molecule has 1 heterocycles. The Morgan fingerprint density at radius 1 is 1.47 bits per heavy atom. The number of piperazine rings is 1. The van der Waals surface area contributed by atoms with Crippen molar-refractivity contribution in [2.75, 3.05) is 13.1 Å². The van der Waals surface area contributed by atoms with E-state index in [9.17, 15) is 0 Å². The van der Waals surface area contributed by atoms with Gasteiger partial charge < -0.3 is 5.32 Å². The van der Waals surface area contributed by atoms with Gasteiger partial charge in [-0.1, -0.05) is 17.7 Å². The smallest absolute Gasteiger partial charge is 0.0548 e. The van der Waals surface area contributed by atoms with Gasteiger partial charge >= 0.3 is 0 Å². The Morgan fingerprint density at radius 2 is 2.24 bits per heavy atom. The van der Waals surface area contributed by atoms with Crippen LogP contribution in [0.25, 0.3) is 0 Å². The first-order valence-electron chi connectivity index (χ1n) is 5.97. The maximum Gasteiger partial charge on any atom is 0.0548 e. The van der Waals surface area contributed by atoms with E-state index in [1.807, 2.05) is 6.07 Å². The summed E-state index contributed by atoms with van der Waals surface area (Å²) < 4.78 is 0.979. The number of hydrogen-bond acceptors (Lipinski definition) is 2. The van der Waals surface area contributed by atoms with Crippen LogP contribution in [0.2, 0.25) is 5.02 Å². The second-order valence-electron chi connectivity index (χ2n) is 4.84. The molecule has 2 nitrogen and oxygen atoms in total. The summed E-state index contributed by atoms with van der Waals surface area (Å²) >= 11 is 9.48. The molecule has 0 amide bonds. The summed E-state index contributed by atoms with van der Waals surface area (Å²) in [5.74, 6) is 0. The van der Waals surface area contributed by atoms with Crippen molar-refractivity contribution in [3.05, 3.63) is 33.3 Å². The van der Waals surface area contributed by atoms with E-state index in [4.69, 9.17) is 11.6 Å². The Hall–Kier alpha value is -0.0900. The molecular formula is C13H18BrClN2. The Bertz CT molecular complexity index is 397. The van der Waals surface area contributed by atoms with E-state index in [1.54, 1.807) is 0 Å². The van der Waals surface area contributed by atoms with Gasteiger partial charge in [0, 0.05) is 36.2 Å². The third-order valence-corrected chi connectivity index (χ3v) is 4.48. The predicted molar refractivity (Wildman–Crippen MR) is 76.5 cm³/mol. The van der Waals surface area contributed by atoms with Crippen LogP contribution < -0.4 is 5.32 Å². The van der Waals surface area contributed by atoms with E-state index in [2.05, 4.69) is 52.1 Å². The fraction of sp³-hybridized carbons (Fsp3) is 0.538. The fourth-order valence-corrected chi connectivity index (χ4v) is 2.73. The maximum atomic E-state index is 6.00. The molecule has 4 heteroatoms. The van der Waals surface area contributed by atoms with E-state index in [0.29, 0.717) is 12.1 Å².